The fourth-order valence-corrected chi connectivity index (χ4v) is 3.03. The summed E-state index contributed by atoms with van der Waals surface area (Å²) in [6.45, 7) is 0.684. The van der Waals surface area contributed by atoms with Gasteiger partial charge in [-0.3, -0.25) is 14.2 Å². The van der Waals surface area contributed by atoms with Gasteiger partial charge in [0.2, 0.25) is 0 Å². The summed E-state index contributed by atoms with van der Waals surface area (Å²) in [6, 6.07) is 4.78. The lowest BCUT2D eigenvalue weighted by Crippen LogP contribution is -2.43. The lowest BCUT2D eigenvalue weighted by Gasteiger charge is -2.20. The van der Waals surface area contributed by atoms with Crippen LogP contribution in [0.1, 0.15) is 17.3 Å². The summed E-state index contributed by atoms with van der Waals surface area (Å²) in [6.07, 6.45) is 5.67. The van der Waals surface area contributed by atoms with E-state index in [9.17, 15) is 19.8 Å². The number of anilines is 3. The predicted molar refractivity (Wildman–Crippen MR) is 134 cm³/mol. The number of allylic oxidation sites excluding steroid dienone is 2. The number of aromatic nitrogens is 4. The van der Waals surface area contributed by atoms with E-state index in [0.29, 0.717) is 5.82 Å². The van der Waals surface area contributed by atoms with Gasteiger partial charge in [-0.1, -0.05) is 0 Å². The number of pyridine rings is 1. The number of fused-ring (bicyclic) bond motifs is 1. The number of aliphatic hydroxyl groups excluding tert-OH is 1. The Morgan fingerprint density at radius 3 is 2.75 bits per heavy atom. The number of nitrogens with one attached hydrogen (secondary N) is 3. The molecule has 3 aromatic heterocycles. The van der Waals surface area contributed by atoms with Crippen LogP contribution in [0.2, 0.25) is 0 Å². The zero-order valence-electron chi connectivity index (χ0n) is 20.0. The zero-order chi connectivity index (χ0) is 26.5. The van der Waals surface area contributed by atoms with Crippen molar-refractivity contribution in [3.05, 3.63) is 64.5 Å². The standard InChI is InChI=1S/C22H29N9O5/c1-22(35,12-32)11-26-20(33)13-10-27-31-18(25-2)9-17(29-19(13)31)28-14-5-4-8-30(21(14)34)15(23)6-7-16(24)36-3/h4-10,25,32,35H,11-12,23-24H2,1-3H3,(H,26,33)(H,28,29)/b15-6+,16-7+. The maximum atomic E-state index is 13.0. The van der Waals surface area contributed by atoms with Crippen molar-refractivity contribution in [2.75, 3.05) is 37.9 Å². The first-order chi connectivity index (χ1) is 17.1. The van der Waals surface area contributed by atoms with Gasteiger partial charge in [-0.05, 0) is 25.1 Å². The van der Waals surface area contributed by atoms with Gasteiger partial charge in [-0.25, -0.2) is 4.98 Å². The molecule has 1 amide bonds. The Balaban J connectivity index is 1.96. The molecule has 192 valence electrons. The molecule has 0 bridgehead atoms. The fraction of sp³-hybridized carbons (Fsp3) is 0.273. The number of nitrogens with two attached hydrogens (primary N) is 2. The summed E-state index contributed by atoms with van der Waals surface area (Å²) in [5.74, 6) is 0.424. The minimum Gasteiger partial charge on any atom is -0.483 e. The van der Waals surface area contributed by atoms with Crippen molar-refractivity contribution in [3.63, 3.8) is 0 Å². The number of rotatable bonds is 10. The lowest BCUT2D eigenvalue weighted by atomic mass is 10.1. The maximum Gasteiger partial charge on any atom is 0.279 e. The molecule has 0 saturated heterocycles. The molecule has 0 radical (unpaired) electrons. The van der Waals surface area contributed by atoms with Gasteiger partial charge < -0.3 is 42.4 Å². The van der Waals surface area contributed by atoms with E-state index in [2.05, 4.69) is 26.0 Å². The summed E-state index contributed by atoms with van der Waals surface area (Å²) in [5, 5.41) is 31.8. The summed E-state index contributed by atoms with van der Waals surface area (Å²) in [5.41, 5.74) is 10.1. The molecule has 3 rings (SSSR count). The van der Waals surface area contributed by atoms with Gasteiger partial charge >= 0.3 is 0 Å². The van der Waals surface area contributed by atoms with Gasteiger partial charge in [0.25, 0.3) is 11.5 Å². The number of amides is 1. The molecule has 0 aliphatic rings. The van der Waals surface area contributed by atoms with E-state index in [1.165, 1.54) is 47.7 Å². The van der Waals surface area contributed by atoms with Crippen molar-refractivity contribution in [1.29, 1.82) is 0 Å². The monoisotopic (exact) mass is 499 g/mol. The Labute approximate surface area is 205 Å². The molecule has 0 aliphatic heterocycles. The third kappa shape index (κ3) is 5.73. The quantitative estimate of drug-likeness (QED) is 0.138. The summed E-state index contributed by atoms with van der Waals surface area (Å²) in [4.78, 5) is 30.2. The van der Waals surface area contributed by atoms with E-state index in [1.54, 1.807) is 25.2 Å². The molecule has 1 unspecified atom stereocenters. The third-order valence-corrected chi connectivity index (χ3v) is 5.09. The van der Waals surface area contributed by atoms with Crippen molar-refractivity contribution in [3.8, 4) is 0 Å². The van der Waals surface area contributed by atoms with Crippen molar-refractivity contribution in [2.24, 2.45) is 11.5 Å². The highest BCUT2D eigenvalue weighted by Crippen LogP contribution is 2.21. The Hall–Kier alpha value is -4.56. The van der Waals surface area contributed by atoms with Crippen molar-refractivity contribution in [2.45, 2.75) is 12.5 Å². The van der Waals surface area contributed by atoms with Crippen LogP contribution in [0, 0.1) is 0 Å². The Morgan fingerprint density at radius 2 is 2.08 bits per heavy atom. The number of ether oxygens (including phenoxy) is 1. The zero-order valence-corrected chi connectivity index (χ0v) is 20.0. The van der Waals surface area contributed by atoms with Gasteiger partial charge in [0.05, 0.1) is 19.9 Å². The van der Waals surface area contributed by atoms with E-state index in [-0.39, 0.29) is 41.0 Å². The van der Waals surface area contributed by atoms with Crippen LogP contribution in [-0.2, 0) is 4.74 Å². The molecule has 1 atom stereocenters. The molecule has 0 spiro atoms. The van der Waals surface area contributed by atoms with E-state index in [4.69, 9.17) is 16.2 Å². The van der Waals surface area contributed by atoms with Gasteiger partial charge in [0.1, 0.15) is 34.3 Å². The van der Waals surface area contributed by atoms with E-state index < -0.39 is 23.7 Å². The number of nitrogens with zero attached hydrogens (tertiary/aromatic N) is 4. The highest BCUT2D eigenvalue weighted by Gasteiger charge is 2.23. The van der Waals surface area contributed by atoms with Crippen molar-refractivity contribution < 1.29 is 19.7 Å². The third-order valence-electron chi connectivity index (χ3n) is 5.09. The first kappa shape index (κ1) is 26.1. The smallest absolute Gasteiger partial charge is 0.279 e. The molecule has 36 heavy (non-hydrogen) atoms. The fourth-order valence-electron chi connectivity index (χ4n) is 3.03. The SMILES string of the molecule is CNc1cc(Nc2cccn(/C(N)=C/C=C(\N)OC)c2=O)nc2c(C(=O)NCC(C)(O)CO)cnn12. The van der Waals surface area contributed by atoms with Crippen LogP contribution in [0.5, 0.6) is 0 Å². The first-order valence-electron chi connectivity index (χ1n) is 10.7. The molecule has 0 aromatic carbocycles. The van der Waals surface area contributed by atoms with Crippen LogP contribution >= 0.6 is 0 Å². The van der Waals surface area contributed by atoms with Crippen LogP contribution < -0.4 is 33.0 Å². The Morgan fingerprint density at radius 1 is 1.33 bits per heavy atom. The Bertz CT molecular complexity index is 1370. The van der Waals surface area contributed by atoms with Crippen LogP contribution in [0.3, 0.4) is 0 Å². The van der Waals surface area contributed by atoms with Crippen molar-refractivity contribution in [1.82, 2.24) is 24.5 Å². The van der Waals surface area contributed by atoms with Crippen LogP contribution in [0.4, 0.5) is 17.3 Å². The number of carbonyl (C=O) groups excluding carboxylic acids is 1. The molecular formula is C22H29N9O5. The average Bonchev–Trinajstić information content (AvgIpc) is 3.30. The molecule has 0 fully saturated rings. The molecule has 3 aromatic rings. The molecule has 14 nitrogen and oxygen atoms in total. The van der Waals surface area contributed by atoms with E-state index >= 15 is 0 Å². The lowest BCUT2D eigenvalue weighted by molar-refractivity contribution is 0.00321. The average molecular weight is 500 g/mol. The molecule has 3 heterocycles. The number of hydrogen-bond acceptors (Lipinski definition) is 11. The minimum absolute atomic E-state index is 0.108. The van der Waals surface area contributed by atoms with Gasteiger partial charge in [0, 0.05) is 31.9 Å². The molecule has 14 heteroatoms. The minimum atomic E-state index is -1.48. The predicted octanol–water partition coefficient (Wildman–Crippen LogP) is -0.647. The summed E-state index contributed by atoms with van der Waals surface area (Å²) < 4.78 is 7.48. The van der Waals surface area contributed by atoms with Gasteiger partial charge in [-0.2, -0.15) is 9.61 Å². The molecular weight excluding hydrogens is 470 g/mol. The van der Waals surface area contributed by atoms with E-state index in [0.717, 1.165) is 0 Å². The molecule has 0 aliphatic carbocycles. The second-order valence-electron chi connectivity index (χ2n) is 7.99. The van der Waals surface area contributed by atoms with E-state index in [1.807, 2.05) is 0 Å². The van der Waals surface area contributed by atoms with Crippen LogP contribution in [0.25, 0.3) is 11.5 Å². The van der Waals surface area contributed by atoms with Gasteiger partial charge in [0.15, 0.2) is 11.5 Å². The molecule has 0 saturated carbocycles. The summed E-state index contributed by atoms with van der Waals surface area (Å²) in [7, 11) is 3.07. The van der Waals surface area contributed by atoms with Crippen molar-refractivity contribution >= 4 is 34.7 Å². The maximum absolute atomic E-state index is 13.0. The molecule has 9 N–H and O–H groups in total. The number of methoxy groups -OCH3 is 1. The second kappa shape index (κ2) is 10.8. The number of carbonyl (C=O) groups is 1. The second-order valence-corrected chi connectivity index (χ2v) is 7.99. The highest BCUT2D eigenvalue weighted by molar-refractivity contribution is 6.00. The number of hydrogen-bond donors (Lipinski definition) is 7. The number of aliphatic hydroxyl groups is 2. The summed E-state index contributed by atoms with van der Waals surface area (Å²) >= 11 is 0. The Kier molecular flexibility index (Phi) is 7.81. The first-order valence-corrected chi connectivity index (χ1v) is 10.7. The van der Waals surface area contributed by atoms with Gasteiger partial charge in [-0.15, -0.1) is 0 Å². The normalized spacial score (nSPS) is 13.8. The topological polar surface area (TPSA) is 207 Å². The van der Waals surface area contributed by atoms with Crippen LogP contribution in [-0.4, -0.2) is 68.2 Å². The van der Waals surface area contributed by atoms with Crippen LogP contribution in [0.15, 0.2) is 53.4 Å². The highest BCUT2D eigenvalue weighted by atomic mass is 16.5. The largest absolute Gasteiger partial charge is 0.483 e.